The Hall–Kier alpha value is -1.53. The number of aliphatic hydroxyl groups excluding tert-OH is 1. The van der Waals surface area contributed by atoms with Crippen molar-refractivity contribution in [2.45, 2.75) is 24.5 Å². The molecule has 2 aliphatic heterocycles. The van der Waals surface area contributed by atoms with Gasteiger partial charge >= 0.3 is 7.82 Å². The normalized spacial score (nSPS) is 29.6. The second kappa shape index (κ2) is 6.41. The molecule has 1 fully saturated rings. The van der Waals surface area contributed by atoms with Gasteiger partial charge in [0.25, 0.3) is 0 Å². The van der Waals surface area contributed by atoms with Crippen molar-refractivity contribution in [3.8, 4) is 0 Å². The fraction of sp³-hybridized carbons (Fsp3) is 0.636. The molecule has 3 rings (SSSR count). The van der Waals surface area contributed by atoms with Gasteiger partial charge in [-0.05, 0) is 0 Å². The number of anilines is 3. The quantitative estimate of drug-likeness (QED) is 0.382. The monoisotopic (exact) mass is 363 g/mol. The van der Waals surface area contributed by atoms with Crippen LogP contribution in [0, 0.1) is 0 Å². The van der Waals surface area contributed by atoms with E-state index in [1.807, 2.05) is 0 Å². The molecule has 0 aromatic carbocycles. The van der Waals surface area contributed by atoms with Crippen molar-refractivity contribution >= 4 is 25.1 Å². The van der Waals surface area contributed by atoms with E-state index in [-0.39, 0.29) is 5.82 Å². The molecule has 1 aromatic heterocycles. The summed E-state index contributed by atoms with van der Waals surface area (Å²) >= 11 is 0. The van der Waals surface area contributed by atoms with Crippen LogP contribution in [0.3, 0.4) is 0 Å². The van der Waals surface area contributed by atoms with Crippen LogP contribution < -0.4 is 16.0 Å². The summed E-state index contributed by atoms with van der Waals surface area (Å²) < 4.78 is 26.2. The molecule has 6 N–H and O–H groups in total. The zero-order valence-corrected chi connectivity index (χ0v) is 13.5. The van der Waals surface area contributed by atoms with Crippen LogP contribution >= 0.6 is 7.82 Å². The summed E-state index contributed by atoms with van der Waals surface area (Å²) in [5, 5.41) is 13.3. The van der Waals surface area contributed by atoms with E-state index in [0.29, 0.717) is 18.2 Å². The summed E-state index contributed by atoms with van der Waals surface area (Å²) in [5.74, 6) is 0.759. The highest BCUT2D eigenvalue weighted by Crippen LogP contribution is 2.40. The van der Waals surface area contributed by atoms with E-state index in [4.69, 9.17) is 25.0 Å². The smallest absolute Gasteiger partial charge is 0.387 e. The number of phosphoric ester groups is 1. The van der Waals surface area contributed by atoms with Crippen molar-refractivity contribution in [2.75, 3.05) is 36.3 Å². The van der Waals surface area contributed by atoms with Gasteiger partial charge in [0.15, 0.2) is 17.9 Å². The minimum Gasteiger partial charge on any atom is -0.387 e. The number of rotatable bonds is 5. The molecule has 0 amide bonds. The highest BCUT2D eigenvalue weighted by atomic mass is 31.2. The summed E-state index contributed by atoms with van der Waals surface area (Å²) in [5.41, 5.74) is 6.32. The summed E-state index contributed by atoms with van der Waals surface area (Å²) in [4.78, 5) is 27.3. The van der Waals surface area contributed by atoms with Gasteiger partial charge in [-0.1, -0.05) is 0 Å². The van der Waals surface area contributed by atoms with Crippen LogP contribution in [0.5, 0.6) is 0 Å². The number of ether oxygens (including phenoxy) is 2. The zero-order valence-electron chi connectivity index (χ0n) is 12.6. The average molecular weight is 363 g/mol. The summed E-state index contributed by atoms with van der Waals surface area (Å²) in [6.45, 7) is -0.191. The first-order valence-electron chi connectivity index (χ1n) is 6.99. The van der Waals surface area contributed by atoms with Crippen molar-refractivity contribution in [2.24, 2.45) is 0 Å². The Labute approximate surface area is 136 Å². The van der Waals surface area contributed by atoms with Gasteiger partial charge in [-0.15, -0.1) is 0 Å². The first-order valence-corrected chi connectivity index (χ1v) is 8.52. The van der Waals surface area contributed by atoms with E-state index in [0.717, 1.165) is 0 Å². The predicted molar refractivity (Wildman–Crippen MR) is 80.9 cm³/mol. The van der Waals surface area contributed by atoms with Crippen LogP contribution in [0.4, 0.5) is 17.3 Å². The Morgan fingerprint density at radius 3 is 2.96 bits per heavy atom. The number of methoxy groups -OCH3 is 1. The number of nitrogens with one attached hydrogen (secondary N) is 1. The van der Waals surface area contributed by atoms with Crippen LogP contribution in [-0.2, 0) is 18.6 Å². The van der Waals surface area contributed by atoms with Crippen molar-refractivity contribution < 1.29 is 33.5 Å². The van der Waals surface area contributed by atoms with Crippen LogP contribution in [0.25, 0.3) is 0 Å². The number of aromatic nitrogens is 2. The van der Waals surface area contributed by atoms with E-state index in [9.17, 15) is 9.67 Å². The van der Waals surface area contributed by atoms with Crippen molar-refractivity contribution in [1.29, 1.82) is 0 Å². The lowest BCUT2D eigenvalue weighted by Crippen LogP contribution is -2.45. The first kappa shape index (κ1) is 17.3. The first-order chi connectivity index (χ1) is 11.3. The Bertz CT molecular complexity index is 658. The minimum atomic E-state index is -4.67. The number of hydrogen-bond donors (Lipinski definition) is 5. The van der Waals surface area contributed by atoms with E-state index in [2.05, 4.69) is 19.8 Å². The predicted octanol–water partition coefficient (Wildman–Crippen LogP) is -1.54. The second-order valence-electron chi connectivity index (χ2n) is 5.30. The lowest BCUT2D eigenvalue weighted by Gasteiger charge is -2.28. The third-order valence-corrected chi connectivity index (χ3v) is 4.34. The van der Waals surface area contributed by atoms with Crippen LogP contribution in [-0.4, -0.2) is 69.8 Å². The molecule has 24 heavy (non-hydrogen) atoms. The fourth-order valence-corrected chi connectivity index (χ4v) is 3.10. The van der Waals surface area contributed by atoms with Crippen molar-refractivity contribution in [3.63, 3.8) is 0 Å². The molecule has 13 heteroatoms. The number of hydrogen-bond acceptors (Lipinski definition) is 10. The van der Waals surface area contributed by atoms with Gasteiger partial charge < -0.3 is 40.3 Å². The van der Waals surface area contributed by atoms with Crippen LogP contribution in [0.2, 0.25) is 0 Å². The molecule has 0 bridgehead atoms. The van der Waals surface area contributed by atoms with Crippen molar-refractivity contribution in [3.05, 3.63) is 6.33 Å². The topological polar surface area (TPSA) is 173 Å². The molecule has 2 aliphatic rings. The number of nitrogens with zero attached hydrogens (tertiary/aromatic N) is 3. The van der Waals surface area contributed by atoms with E-state index >= 15 is 0 Å². The van der Waals surface area contributed by atoms with Gasteiger partial charge in [0.2, 0.25) is 0 Å². The SMILES string of the molecule is CO[C@@H]1[C@H](O)[C@@H](COP(=O)(O)O)O[C@H]1N1CNc2c(N)ncnc21. The summed E-state index contributed by atoms with van der Waals surface area (Å²) in [7, 11) is -3.27. The minimum absolute atomic E-state index is 0.274. The molecule has 12 nitrogen and oxygen atoms in total. The molecule has 1 saturated heterocycles. The molecule has 0 aliphatic carbocycles. The lowest BCUT2D eigenvalue weighted by atomic mass is 10.1. The van der Waals surface area contributed by atoms with Gasteiger partial charge in [0.05, 0.1) is 13.3 Å². The molecule has 0 saturated carbocycles. The fourth-order valence-electron chi connectivity index (χ4n) is 2.76. The molecule has 134 valence electrons. The molecule has 1 aromatic rings. The van der Waals surface area contributed by atoms with Crippen LogP contribution in [0.1, 0.15) is 0 Å². The van der Waals surface area contributed by atoms with Crippen LogP contribution in [0.15, 0.2) is 6.33 Å². The van der Waals surface area contributed by atoms with E-state index in [1.54, 1.807) is 4.90 Å². The molecule has 0 radical (unpaired) electrons. The molecule has 0 spiro atoms. The Morgan fingerprint density at radius 2 is 2.29 bits per heavy atom. The number of fused-ring (bicyclic) bond motifs is 1. The Balaban J connectivity index is 1.79. The number of nitrogens with two attached hydrogens (primary N) is 1. The summed E-state index contributed by atoms with van der Waals surface area (Å²) in [6, 6.07) is 0. The molecular formula is C11H18N5O7P. The Morgan fingerprint density at radius 1 is 1.54 bits per heavy atom. The Kier molecular flexibility index (Phi) is 4.62. The highest BCUT2D eigenvalue weighted by molar-refractivity contribution is 7.46. The molecule has 3 heterocycles. The van der Waals surface area contributed by atoms with Gasteiger partial charge in [0, 0.05) is 7.11 Å². The number of phosphoric acid groups is 1. The largest absolute Gasteiger partial charge is 0.469 e. The second-order valence-corrected chi connectivity index (χ2v) is 6.54. The lowest BCUT2D eigenvalue weighted by molar-refractivity contribution is -0.0220. The average Bonchev–Trinajstić information content (AvgIpc) is 3.06. The maximum absolute atomic E-state index is 10.8. The van der Waals surface area contributed by atoms with E-state index in [1.165, 1.54) is 13.4 Å². The van der Waals surface area contributed by atoms with Crippen molar-refractivity contribution in [1.82, 2.24) is 9.97 Å². The number of nitrogen functional groups attached to an aromatic ring is 1. The van der Waals surface area contributed by atoms with Gasteiger partial charge in [0.1, 0.15) is 30.3 Å². The van der Waals surface area contributed by atoms with E-state index < -0.39 is 39.0 Å². The maximum atomic E-state index is 10.8. The molecular weight excluding hydrogens is 345 g/mol. The van der Waals surface area contributed by atoms with Gasteiger partial charge in [-0.2, -0.15) is 0 Å². The standard InChI is InChI=1S/C11H18N5O7P/c1-21-8-7(17)5(2-22-24(18,19)20)23-11(8)16-4-15-6-9(12)13-3-14-10(6)16/h3,5,7-8,11,15,17H,2,4H2,1H3,(H2,12,13,14)(H2,18,19,20)/t5-,7-,8-,11-/m1/s1. The number of aliphatic hydroxyl groups is 1. The van der Waals surface area contributed by atoms with Gasteiger partial charge in [-0.3, -0.25) is 4.52 Å². The third kappa shape index (κ3) is 3.17. The van der Waals surface area contributed by atoms with Gasteiger partial charge in [-0.25, -0.2) is 14.5 Å². The molecule has 4 atom stereocenters. The maximum Gasteiger partial charge on any atom is 0.469 e. The zero-order chi connectivity index (χ0) is 17.5. The summed E-state index contributed by atoms with van der Waals surface area (Å²) in [6.07, 6.45) is -2.35. The highest BCUT2D eigenvalue weighted by Gasteiger charge is 2.49. The molecule has 0 unspecified atom stereocenters. The third-order valence-electron chi connectivity index (χ3n) is 3.85.